The molecule has 10 heteroatoms. The van der Waals surface area contributed by atoms with E-state index in [-0.39, 0.29) is 45.6 Å². The molecular formula is C15H12Co2O8. The molecule has 3 atom stereocenters. The summed E-state index contributed by atoms with van der Waals surface area (Å²) < 4.78 is 45.0. The Kier molecular flexibility index (Phi) is 131. The SMILES string of the molecule is C#CC(O)C[C@@H]1C=CC[C@@H]1O.[C-]#[O+].[C-]#[O+].[C-]#[O+].[C-]#[O+].[C-]#[O+].[C-]#[O+].[Co].[Co]. The maximum Gasteiger partial charge on any atom is 0 e. The third kappa shape index (κ3) is 45.0. The van der Waals surface area contributed by atoms with Crippen molar-refractivity contribution in [3.63, 3.8) is 0 Å². The summed E-state index contributed by atoms with van der Waals surface area (Å²) in [4.78, 5) is 0. The zero-order valence-electron chi connectivity index (χ0n) is 12.4. The van der Waals surface area contributed by atoms with E-state index in [9.17, 15) is 5.11 Å². The van der Waals surface area contributed by atoms with Crippen LogP contribution in [0.25, 0.3) is 0 Å². The van der Waals surface area contributed by atoms with Crippen molar-refractivity contribution in [1.29, 1.82) is 0 Å². The number of hydrogen-bond acceptors (Lipinski definition) is 2. The summed E-state index contributed by atoms with van der Waals surface area (Å²) in [7, 11) is 0. The smallest absolute Gasteiger partial charge is 0 e. The molecule has 0 saturated carbocycles. The Bertz CT molecular complexity index is 369. The Morgan fingerprint density at radius 1 is 0.920 bits per heavy atom. The van der Waals surface area contributed by atoms with Crippen LogP contribution in [0.4, 0.5) is 0 Å². The molecule has 8 nitrogen and oxygen atoms in total. The molecule has 1 rings (SSSR count). The minimum absolute atomic E-state index is 0. The standard InChI is InChI=1S/C9H12O2.6CO.2Co/c1-2-8(10)6-7-4-3-5-9(7)11;6*1-2;;/h1,3-4,7-11H,5-6H2;;;;;;;;/t7-,8?,9-;;;;;;;;/m0......../s1. The molecule has 0 bridgehead atoms. The molecule has 25 heavy (non-hydrogen) atoms. The Morgan fingerprint density at radius 2 is 1.24 bits per heavy atom. The van der Waals surface area contributed by atoms with Gasteiger partial charge in [-0.05, 0) is 12.8 Å². The normalized spacial score (nSPS) is 14.4. The van der Waals surface area contributed by atoms with E-state index in [4.69, 9.17) is 39.4 Å². The van der Waals surface area contributed by atoms with Crippen LogP contribution in [0.2, 0.25) is 0 Å². The van der Waals surface area contributed by atoms with Gasteiger partial charge in [-0.15, -0.1) is 6.42 Å². The average Bonchev–Trinajstić information content (AvgIpc) is 3.09. The van der Waals surface area contributed by atoms with E-state index in [0.717, 1.165) is 0 Å². The first kappa shape index (κ1) is 49.5. The molecule has 2 N–H and O–H groups in total. The van der Waals surface area contributed by atoms with Gasteiger partial charge in [0, 0.05) is 39.5 Å². The first-order chi connectivity index (χ1) is 11.2. The van der Waals surface area contributed by atoms with Crippen LogP contribution in [0, 0.1) is 58.2 Å². The van der Waals surface area contributed by atoms with Crippen molar-refractivity contribution in [1.82, 2.24) is 0 Å². The van der Waals surface area contributed by atoms with Gasteiger partial charge in [0.15, 0.2) is 0 Å². The summed E-state index contributed by atoms with van der Waals surface area (Å²) >= 11 is 0. The van der Waals surface area contributed by atoms with E-state index in [1.54, 1.807) is 0 Å². The quantitative estimate of drug-likeness (QED) is 0.271. The second-order valence-corrected chi connectivity index (χ2v) is 2.81. The number of aliphatic hydroxyl groups is 2. The summed E-state index contributed by atoms with van der Waals surface area (Å²) in [6.45, 7) is 27.0. The molecule has 1 aliphatic rings. The largest absolute Gasteiger partial charge is 0 e. The molecule has 2 radical (unpaired) electrons. The molecule has 0 aromatic heterocycles. The molecule has 0 aromatic carbocycles. The number of terminal acetylenes is 1. The first-order valence-corrected chi connectivity index (χ1v) is 4.95. The van der Waals surface area contributed by atoms with Crippen molar-refractivity contribution in [2.24, 2.45) is 5.92 Å². The van der Waals surface area contributed by atoms with Gasteiger partial charge in [0.1, 0.15) is 6.10 Å². The second kappa shape index (κ2) is 66.3. The van der Waals surface area contributed by atoms with Crippen LogP contribution < -0.4 is 0 Å². The zero-order valence-corrected chi connectivity index (χ0v) is 14.5. The summed E-state index contributed by atoms with van der Waals surface area (Å²) in [5.41, 5.74) is 0. The van der Waals surface area contributed by atoms with Crippen LogP contribution in [0.15, 0.2) is 12.2 Å². The summed E-state index contributed by atoms with van der Waals surface area (Å²) in [6, 6.07) is 0. The van der Waals surface area contributed by atoms with Crippen LogP contribution in [-0.2, 0) is 61.5 Å². The Balaban J connectivity index is -0.0000000297. The minimum atomic E-state index is -0.725. The van der Waals surface area contributed by atoms with E-state index in [1.807, 2.05) is 12.2 Å². The van der Waals surface area contributed by atoms with Crippen LogP contribution in [0.5, 0.6) is 0 Å². The third-order valence-corrected chi connectivity index (χ3v) is 1.94. The molecule has 0 aliphatic heterocycles. The molecule has 1 unspecified atom stereocenters. The van der Waals surface area contributed by atoms with E-state index >= 15 is 0 Å². The molecule has 138 valence electrons. The maximum absolute atomic E-state index is 9.29. The van der Waals surface area contributed by atoms with E-state index in [1.165, 1.54) is 0 Å². The Hall–Kier alpha value is -1.33. The van der Waals surface area contributed by atoms with Gasteiger partial charge in [-0.2, -0.15) is 0 Å². The van der Waals surface area contributed by atoms with E-state index in [2.05, 4.69) is 45.8 Å². The van der Waals surface area contributed by atoms with Crippen LogP contribution >= 0.6 is 0 Å². The predicted molar refractivity (Wildman–Crippen MR) is 66.3 cm³/mol. The van der Waals surface area contributed by atoms with Crippen LogP contribution in [-0.4, -0.2) is 22.4 Å². The molecule has 1 aliphatic carbocycles. The molecule has 0 fully saturated rings. The van der Waals surface area contributed by atoms with Crippen molar-refractivity contribution >= 4 is 0 Å². The average molecular weight is 438 g/mol. The van der Waals surface area contributed by atoms with Crippen molar-refractivity contribution < 1.29 is 71.7 Å². The minimum Gasteiger partial charge on any atom is 0 e. The van der Waals surface area contributed by atoms with Crippen molar-refractivity contribution in [3.8, 4) is 12.3 Å². The zero-order chi connectivity index (χ0) is 20.3. The molecule has 0 amide bonds. The Labute approximate surface area is 167 Å². The molecular weight excluding hydrogens is 426 g/mol. The summed E-state index contributed by atoms with van der Waals surface area (Å²) in [5.74, 6) is 2.27. The fourth-order valence-electron chi connectivity index (χ4n) is 1.26. The summed E-state index contributed by atoms with van der Waals surface area (Å²) in [6.07, 6.45) is 8.89. The van der Waals surface area contributed by atoms with Gasteiger partial charge in [-0.3, -0.25) is 0 Å². The van der Waals surface area contributed by atoms with Crippen molar-refractivity contribution in [2.75, 3.05) is 0 Å². The molecule has 0 aromatic rings. The maximum atomic E-state index is 9.29. The third-order valence-electron chi connectivity index (χ3n) is 1.94. The van der Waals surface area contributed by atoms with Crippen molar-refractivity contribution in [2.45, 2.75) is 25.0 Å². The van der Waals surface area contributed by atoms with Gasteiger partial charge in [-0.1, -0.05) is 18.1 Å². The fourth-order valence-corrected chi connectivity index (χ4v) is 1.26. The van der Waals surface area contributed by atoms with E-state index < -0.39 is 6.10 Å². The fraction of sp³-hybridized carbons (Fsp3) is 0.333. The number of rotatable bonds is 2. The number of hydrogen-bond donors (Lipinski definition) is 2. The predicted octanol–water partition coefficient (Wildman–Crippen LogP) is 0.0775. The summed E-state index contributed by atoms with van der Waals surface area (Å²) in [5, 5.41) is 18.3. The first-order valence-electron chi connectivity index (χ1n) is 4.95. The molecule has 0 spiro atoms. The molecule has 0 saturated heterocycles. The van der Waals surface area contributed by atoms with E-state index in [0.29, 0.717) is 12.8 Å². The van der Waals surface area contributed by atoms with Gasteiger partial charge >= 0.3 is 67.8 Å². The van der Waals surface area contributed by atoms with Gasteiger partial charge in [0.05, 0.1) is 6.10 Å². The van der Waals surface area contributed by atoms with Crippen molar-refractivity contribution in [3.05, 3.63) is 52.1 Å². The van der Waals surface area contributed by atoms with Gasteiger partial charge in [-0.25, -0.2) is 0 Å². The number of aliphatic hydroxyl groups excluding tert-OH is 2. The second-order valence-electron chi connectivity index (χ2n) is 2.81. The van der Waals surface area contributed by atoms with Gasteiger partial charge in [0.25, 0.3) is 0 Å². The van der Waals surface area contributed by atoms with Crippen LogP contribution in [0.3, 0.4) is 0 Å². The monoisotopic (exact) mass is 438 g/mol. The topological polar surface area (TPSA) is 160 Å². The Morgan fingerprint density at radius 3 is 1.44 bits per heavy atom. The van der Waals surface area contributed by atoms with Gasteiger partial charge in [0.2, 0.25) is 0 Å². The molecule has 0 heterocycles. The van der Waals surface area contributed by atoms with Crippen LogP contribution in [0.1, 0.15) is 12.8 Å². The van der Waals surface area contributed by atoms with Gasteiger partial charge < -0.3 is 10.2 Å².